The smallest absolute Gasteiger partial charge is 0.321 e. The van der Waals surface area contributed by atoms with Crippen molar-refractivity contribution >= 4 is 15.2 Å². The van der Waals surface area contributed by atoms with Gasteiger partial charge in [-0.15, -0.1) is 0 Å². The van der Waals surface area contributed by atoms with Crippen LogP contribution in [0, 0.1) is 17.8 Å². The molecule has 0 aromatic carbocycles. The van der Waals surface area contributed by atoms with Crippen molar-refractivity contribution in [2.45, 2.75) is 32.2 Å². The maximum absolute atomic E-state index is 11.6. The van der Waals surface area contributed by atoms with Gasteiger partial charge in [0.15, 0.2) is 18.1 Å². The molecule has 0 aromatic heterocycles. The van der Waals surface area contributed by atoms with Gasteiger partial charge >= 0.3 is 15.2 Å². The van der Waals surface area contributed by atoms with Crippen molar-refractivity contribution in [1.29, 1.82) is 0 Å². The lowest BCUT2D eigenvalue weighted by Crippen LogP contribution is -2.48. The second-order valence-electron chi connectivity index (χ2n) is 8.36. The number of quaternary nitrogens is 1. The first-order chi connectivity index (χ1) is 10.7. The Morgan fingerprint density at radius 1 is 1.08 bits per heavy atom. The highest BCUT2D eigenvalue weighted by Gasteiger charge is 2.75. The molecule has 4 N–H and O–H groups in total. The normalized spacial score (nSPS) is 36.3. The molecule has 24 heavy (non-hydrogen) atoms. The Kier molecular flexibility index (Phi) is 5.50. The number of nitrogens with zero attached hydrogens (tertiary/aromatic N) is 2. The molecule has 2 rings (SSSR count). The zero-order chi connectivity index (χ0) is 18.6. The van der Waals surface area contributed by atoms with Gasteiger partial charge in [0.2, 0.25) is 0 Å². The predicted octanol–water partition coefficient (Wildman–Crippen LogP) is 1.07. The zero-order valence-electron chi connectivity index (χ0n) is 14.9. The van der Waals surface area contributed by atoms with E-state index in [1.807, 2.05) is 14.1 Å². The molecule has 1 aliphatic carbocycles. The Morgan fingerprint density at radius 3 is 2.00 bits per heavy atom. The van der Waals surface area contributed by atoms with Crippen molar-refractivity contribution in [2.75, 3.05) is 39.8 Å². The molecular formula is C14H31N2O6P2+. The third-order valence-corrected chi connectivity index (χ3v) is 7.80. The summed E-state index contributed by atoms with van der Waals surface area (Å²) in [5, 5.41) is 0. The molecule has 0 aromatic rings. The van der Waals surface area contributed by atoms with E-state index >= 15 is 0 Å². The van der Waals surface area contributed by atoms with Gasteiger partial charge in [0.05, 0.1) is 0 Å². The number of hydrogen-bond acceptors (Lipinski definition) is 3. The van der Waals surface area contributed by atoms with E-state index in [1.54, 1.807) is 0 Å². The van der Waals surface area contributed by atoms with E-state index in [4.69, 9.17) is 0 Å². The van der Waals surface area contributed by atoms with E-state index in [0.717, 1.165) is 19.4 Å². The van der Waals surface area contributed by atoms with Crippen molar-refractivity contribution in [3.63, 3.8) is 0 Å². The molecule has 1 saturated heterocycles. The van der Waals surface area contributed by atoms with E-state index < -0.39 is 33.3 Å². The summed E-state index contributed by atoms with van der Waals surface area (Å²) in [5.74, 6) is 1.03. The molecule has 0 bridgehead atoms. The fourth-order valence-electron chi connectivity index (χ4n) is 5.06. The van der Waals surface area contributed by atoms with Crippen LogP contribution < -0.4 is 0 Å². The summed E-state index contributed by atoms with van der Waals surface area (Å²) in [7, 11) is -4.68. The Bertz CT molecular complexity index is 550. The Balaban J connectivity index is 2.26. The van der Waals surface area contributed by atoms with Crippen molar-refractivity contribution in [3.05, 3.63) is 0 Å². The predicted molar refractivity (Wildman–Crippen MR) is 91.3 cm³/mol. The minimum Gasteiger partial charge on any atom is -0.321 e. The molecule has 0 amide bonds. The summed E-state index contributed by atoms with van der Waals surface area (Å²) in [6, 6.07) is 0. The highest BCUT2D eigenvalue weighted by molar-refractivity contribution is 7.52. The van der Waals surface area contributed by atoms with Crippen LogP contribution in [-0.2, 0) is 9.13 Å². The minimum atomic E-state index is -4.37. The molecule has 2 fully saturated rings. The Hall–Kier alpha value is 0.220. The van der Waals surface area contributed by atoms with Crippen LogP contribution in [0.2, 0.25) is 0 Å². The summed E-state index contributed by atoms with van der Waals surface area (Å²) >= 11 is 0. The van der Waals surface area contributed by atoms with Gasteiger partial charge in [0.1, 0.15) is 6.54 Å². The van der Waals surface area contributed by atoms with Gasteiger partial charge in [-0.1, -0.05) is 13.8 Å². The van der Waals surface area contributed by atoms with Crippen molar-refractivity contribution in [2.24, 2.45) is 17.8 Å². The highest BCUT2D eigenvalue weighted by Crippen LogP contribution is 2.64. The molecule has 1 aliphatic heterocycles. The van der Waals surface area contributed by atoms with Gasteiger partial charge in [0.25, 0.3) is 0 Å². The van der Waals surface area contributed by atoms with Crippen molar-refractivity contribution in [1.82, 2.24) is 4.90 Å². The Morgan fingerprint density at radius 2 is 1.58 bits per heavy atom. The van der Waals surface area contributed by atoms with Crippen LogP contribution in [-0.4, -0.2) is 74.3 Å². The lowest BCUT2D eigenvalue weighted by atomic mass is 9.68. The first-order valence-electron chi connectivity index (χ1n) is 8.30. The van der Waals surface area contributed by atoms with Gasteiger partial charge in [-0.3, -0.25) is 13.6 Å². The lowest BCUT2D eigenvalue weighted by Gasteiger charge is -2.41. The van der Waals surface area contributed by atoms with Crippen LogP contribution in [0.1, 0.15) is 26.7 Å². The molecule has 1 saturated carbocycles. The van der Waals surface area contributed by atoms with E-state index in [-0.39, 0.29) is 10.4 Å². The third-order valence-electron chi connectivity index (χ3n) is 5.98. The van der Waals surface area contributed by atoms with Crippen LogP contribution in [0.3, 0.4) is 0 Å². The van der Waals surface area contributed by atoms with Gasteiger partial charge in [0, 0.05) is 18.9 Å². The number of hydrogen-bond donors (Lipinski definition) is 4. The standard InChI is InChI=1S/C14H30N2O6P2/c1-11-6-14(12(2)5-13(11)7-15(3)4)8-16(14,9-23(17,18)19)10-24(20,21)22/h11-13H,5-10H2,1-4H3,(H3-,17,18,19,20,21,22)/p+1. The topological polar surface area (TPSA) is 118 Å². The van der Waals surface area contributed by atoms with Crippen LogP contribution >= 0.6 is 15.2 Å². The largest absolute Gasteiger partial charge is 0.379 e. The Labute approximate surface area is 143 Å². The van der Waals surface area contributed by atoms with Crippen LogP contribution in [0.5, 0.6) is 0 Å². The minimum absolute atomic E-state index is 0.137. The monoisotopic (exact) mass is 385 g/mol. The van der Waals surface area contributed by atoms with Gasteiger partial charge in [-0.05, 0) is 32.4 Å². The van der Waals surface area contributed by atoms with Crippen LogP contribution in [0.15, 0.2) is 0 Å². The molecule has 0 radical (unpaired) electrons. The van der Waals surface area contributed by atoms with E-state index in [1.165, 1.54) is 0 Å². The van der Waals surface area contributed by atoms with E-state index in [0.29, 0.717) is 18.4 Å². The van der Waals surface area contributed by atoms with Crippen molar-refractivity contribution < 1.29 is 33.2 Å². The lowest BCUT2D eigenvalue weighted by molar-refractivity contribution is -0.812. The van der Waals surface area contributed by atoms with Gasteiger partial charge in [-0.2, -0.15) is 0 Å². The third kappa shape index (κ3) is 4.30. The quantitative estimate of drug-likeness (QED) is 0.307. The average molecular weight is 385 g/mol. The summed E-state index contributed by atoms with van der Waals surface area (Å²) in [6.45, 7) is 5.61. The first kappa shape index (κ1) is 20.5. The van der Waals surface area contributed by atoms with E-state index in [9.17, 15) is 28.7 Å². The second kappa shape index (κ2) is 6.43. The second-order valence-corrected chi connectivity index (χ2v) is 11.6. The van der Waals surface area contributed by atoms with Crippen molar-refractivity contribution in [3.8, 4) is 0 Å². The molecule has 8 nitrogen and oxygen atoms in total. The fourth-order valence-corrected chi connectivity index (χ4v) is 7.59. The molecule has 142 valence electrons. The molecule has 2 aliphatic rings. The summed E-state index contributed by atoms with van der Waals surface area (Å²) in [6.07, 6.45) is 0.718. The zero-order valence-corrected chi connectivity index (χ0v) is 16.7. The fraction of sp³-hybridized carbons (Fsp3) is 1.00. The molecule has 4 atom stereocenters. The van der Waals surface area contributed by atoms with Crippen LogP contribution in [0.4, 0.5) is 0 Å². The maximum atomic E-state index is 11.6. The highest BCUT2D eigenvalue weighted by atomic mass is 31.2. The maximum Gasteiger partial charge on any atom is 0.379 e. The summed E-state index contributed by atoms with van der Waals surface area (Å²) in [5.41, 5.74) is -0.412. The summed E-state index contributed by atoms with van der Waals surface area (Å²) < 4.78 is 23.1. The van der Waals surface area contributed by atoms with E-state index in [2.05, 4.69) is 18.7 Å². The molecular weight excluding hydrogens is 354 g/mol. The SMILES string of the molecule is CC1CC2(C[N+]2(CP(=O)(O)O)CP(=O)(O)O)C(C)CC1CN(C)C. The van der Waals surface area contributed by atoms with Gasteiger partial charge < -0.3 is 24.5 Å². The molecule has 10 heteroatoms. The van der Waals surface area contributed by atoms with Crippen LogP contribution in [0.25, 0.3) is 0 Å². The first-order valence-corrected chi connectivity index (χ1v) is 11.9. The molecule has 1 spiro atoms. The molecule has 4 unspecified atom stereocenters. The average Bonchev–Trinajstić information content (AvgIpc) is 2.87. The number of rotatable bonds is 6. The van der Waals surface area contributed by atoms with Gasteiger partial charge in [-0.25, -0.2) is 0 Å². The summed E-state index contributed by atoms with van der Waals surface area (Å²) in [4.78, 5) is 40.0. The molecule has 1 heterocycles.